The Kier molecular flexibility index (Phi) is 6.64. The number of thiophene rings is 1. The summed E-state index contributed by atoms with van der Waals surface area (Å²) >= 11 is 1.61. The van der Waals surface area contributed by atoms with E-state index in [-0.39, 0.29) is 0 Å². The van der Waals surface area contributed by atoms with Crippen molar-refractivity contribution >= 4 is 23.4 Å². The molecule has 1 N–H and O–H groups in total. The monoisotopic (exact) mass is 269 g/mol. The molecule has 0 atom stereocenters. The third-order valence-electron chi connectivity index (χ3n) is 2.32. The van der Waals surface area contributed by atoms with Crippen molar-refractivity contribution in [3.63, 3.8) is 0 Å². The van der Waals surface area contributed by atoms with E-state index in [0.29, 0.717) is 0 Å². The Morgan fingerprint density at radius 1 is 1.56 bits per heavy atom. The second-order valence-corrected chi connectivity index (χ2v) is 5.11. The van der Waals surface area contributed by atoms with E-state index in [0.717, 1.165) is 37.3 Å². The number of carbonyl (C=O) groups is 1. The largest absolute Gasteiger partial charge is 0.478 e. The van der Waals surface area contributed by atoms with Gasteiger partial charge >= 0.3 is 5.97 Å². The lowest BCUT2D eigenvalue weighted by Gasteiger charge is -2.14. The van der Waals surface area contributed by atoms with Gasteiger partial charge in [-0.25, -0.2) is 4.79 Å². The van der Waals surface area contributed by atoms with Gasteiger partial charge in [0.2, 0.25) is 0 Å². The Morgan fingerprint density at radius 3 is 3.00 bits per heavy atom. The van der Waals surface area contributed by atoms with Gasteiger partial charge in [0.15, 0.2) is 0 Å². The van der Waals surface area contributed by atoms with E-state index in [1.54, 1.807) is 17.4 Å². The standard InChI is InChI=1S/C13H19NO3S/c1-3-17-9-8-14(2)10-12-5-4-11(18-12)6-7-13(15)16/h4-7H,3,8-10H2,1-2H3,(H,15,16)/b7-6+. The van der Waals surface area contributed by atoms with Crippen LogP contribution in [-0.4, -0.2) is 42.8 Å². The molecule has 0 aliphatic rings. The number of hydrogen-bond acceptors (Lipinski definition) is 4. The molecule has 1 aromatic rings. The number of aliphatic carboxylic acids is 1. The molecule has 0 unspecified atom stereocenters. The molecular weight excluding hydrogens is 250 g/mol. The maximum atomic E-state index is 10.4. The molecule has 1 rings (SSSR count). The van der Waals surface area contributed by atoms with Crippen LogP contribution >= 0.6 is 11.3 Å². The Hall–Kier alpha value is -1.17. The zero-order valence-electron chi connectivity index (χ0n) is 10.8. The third-order valence-corrected chi connectivity index (χ3v) is 3.36. The summed E-state index contributed by atoms with van der Waals surface area (Å²) in [5, 5.41) is 8.54. The number of carboxylic acids is 1. The van der Waals surface area contributed by atoms with Gasteiger partial charge in [0, 0.05) is 35.5 Å². The van der Waals surface area contributed by atoms with Gasteiger partial charge in [0.05, 0.1) is 6.61 Å². The summed E-state index contributed by atoms with van der Waals surface area (Å²) < 4.78 is 5.30. The van der Waals surface area contributed by atoms with Crippen LogP contribution in [0, 0.1) is 0 Å². The van der Waals surface area contributed by atoms with E-state index in [2.05, 4.69) is 4.90 Å². The quantitative estimate of drug-likeness (QED) is 0.581. The summed E-state index contributed by atoms with van der Waals surface area (Å²) in [4.78, 5) is 14.8. The van der Waals surface area contributed by atoms with Crippen molar-refractivity contribution in [2.75, 3.05) is 26.8 Å². The van der Waals surface area contributed by atoms with Gasteiger partial charge in [-0.05, 0) is 32.2 Å². The minimum Gasteiger partial charge on any atom is -0.478 e. The lowest BCUT2D eigenvalue weighted by atomic mass is 10.4. The summed E-state index contributed by atoms with van der Waals surface area (Å²) in [7, 11) is 2.05. The molecule has 0 spiro atoms. The number of ether oxygens (including phenoxy) is 1. The van der Waals surface area contributed by atoms with Gasteiger partial charge in [-0.15, -0.1) is 11.3 Å². The normalized spacial score (nSPS) is 11.5. The van der Waals surface area contributed by atoms with Gasteiger partial charge in [0.1, 0.15) is 0 Å². The first-order valence-corrected chi connectivity index (χ1v) is 6.69. The first-order chi connectivity index (χ1) is 8.61. The maximum Gasteiger partial charge on any atom is 0.328 e. The summed E-state index contributed by atoms with van der Waals surface area (Å²) in [6.07, 6.45) is 2.78. The Labute approximate surface area is 111 Å². The van der Waals surface area contributed by atoms with Crippen molar-refractivity contribution in [2.45, 2.75) is 13.5 Å². The fraction of sp³-hybridized carbons (Fsp3) is 0.462. The maximum absolute atomic E-state index is 10.4. The Balaban J connectivity index is 2.41. The first kappa shape index (κ1) is 14.9. The summed E-state index contributed by atoms with van der Waals surface area (Å²) in [6.45, 7) is 5.23. The van der Waals surface area contributed by atoms with Crippen molar-refractivity contribution < 1.29 is 14.6 Å². The average molecular weight is 269 g/mol. The van der Waals surface area contributed by atoms with E-state index in [1.807, 2.05) is 26.1 Å². The molecule has 1 heterocycles. The topological polar surface area (TPSA) is 49.8 Å². The number of carboxylic acid groups (broad SMARTS) is 1. The van der Waals surface area contributed by atoms with Crippen LogP contribution in [0.25, 0.3) is 6.08 Å². The van der Waals surface area contributed by atoms with Crippen molar-refractivity contribution in [1.82, 2.24) is 4.90 Å². The molecule has 100 valence electrons. The van der Waals surface area contributed by atoms with E-state index < -0.39 is 5.97 Å². The molecule has 0 amide bonds. The highest BCUT2D eigenvalue weighted by Gasteiger charge is 2.03. The van der Waals surface area contributed by atoms with E-state index in [4.69, 9.17) is 9.84 Å². The minimum absolute atomic E-state index is 0.740. The SMILES string of the molecule is CCOCCN(C)Cc1ccc(/C=C/C(=O)O)s1. The molecule has 0 saturated heterocycles. The van der Waals surface area contributed by atoms with Gasteiger partial charge in [-0.2, -0.15) is 0 Å². The van der Waals surface area contributed by atoms with Gasteiger partial charge in [-0.3, -0.25) is 4.90 Å². The van der Waals surface area contributed by atoms with Crippen LogP contribution in [0.3, 0.4) is 0 Å². The van der Waals surface area contributed by atoms with Gasteiger partial charge in [0.25, 0.3) is 0 Å². The smallest absolute Gasteiger partial charge is 0.328 e. The number of hydrogen-bond donors (Lipinski definition) is 1. The minimum atomic E-state index is -0.918. The van der Waals surface area contributed by atoms with E-state index in [1.165, 1.54) is 4.88 Å². The molecule has 0 saturated carbocycles. The van der Waals surface area contributed by atoms with Crippen molar-refractivity contribution in [1.29, 1.82) is 0 Å². The summed E-state index contributed by atoms with van der Waals surface area (Å²) in [5.74, 6) is -0.918. The van der Waals surface area contributed by atoms with Crippen molar-refractivity contribution in [3.05, 3.63) is 28.0 Å². The lowest BCUT2D eigenvalue weighted by molar-refractivity contribution is -0.131. The third kappa shape index (κ3) is 5.95. The lowest BCUT2D eigenvalue weighted by Crippen LogP contribution is -2.22. The van der Waals surface area contributed by atoms with Gasteiger partial charge < -0.3 is 9.84 Å². The van der Waals surface area contributed by atoms with Crippen molar-refractivity contribution in [2.24, 2.45) is 0 Å². The fourth-order valence-corrected chi connectivity index (χ4v) is 2.43. The zero-order valence-corrected chi connectivity index (χ0v) is 11.6. The number of likely N-dealkylation sites (N-methyl/N-ethyl adjacent to an activating group) is 1. The molecule has 0 radical (unpaired) electrons. The van der Waals surface area contributed by atoms with Crippen LogP contribution in [0.4, 0.5) is 0 Å². The second kappa shape index (κ2) is 8.02. The molecule has 4 nitrogen and oxygen atoms in total. The highest BCUT2D eigenvalue weighted by molar-refractivity contribution is 7.12. The molecule has 5 heteroatoms. The van der Waals surface area contributed by atoms with Crippen LogP contribution in [-0.2, 0) is 16.1 Å². The predicted molar refractivity (Wildman–Crippen MR) is 73.8 cm³/mol. The molecule has 0 aromatic carbocycles. The van der Waals surface area contributed by atoms with E-state index >= 15 is 0 Å². The molecule has 0 aliphatic carbocycles. The van der Waals surface area contributed by atoms with Crippen LogP contribution < -0.4 is 0 Å². The Bertz CT molecular complexity index is 401. The molecule has 1 aromatic heterocycles. The summed E-state index contributed by atoms with van der Waals surface area (Å²) in [6, 6.07) is 3.97. The number of nitrogens with zero attached hydrogens (tertiary/aromatic N) is 1. The molecule has 18 heavy (non-hydrogen) atoms. The Morgan fingerprint density at radius 2 is 2.33 bits per heavy atom. The van der Waals surface area contributed by atoms with Crippen LogP contribution in [0.5, 0.6) is 0 Å². The van der Waals surface area contributed by atoms with Crippen molar-refractivity contribution in [3.8, 4) is 0 Å². The molecule has 0 bridgehead atoms. The fourth-order valence-electron chi connectivity index (χ4n) is 1.43. The predicted octanol–water partition coefficient (Wildman–Crippen LogP) is 2.31. The molecular formula is C13H19NO3S. The van der Waals surface area contributed by atoms with E-state index in [9.17, 15) is 4.79 Å². The number of rotatable bonds is 8. The molecule has 0 fully saturated rings. The van der Waals surface area contributed by atoms with Crippen LogP contribution in [0.2, 0.25) is 0 Å². The zero-order chi connectivity index (χ0) is 13.4. The average Bonchev–Trinajstić information content (AvgIpc) is 2.74. The van der Waals surface area contributed by atoms with Crippen LogP contribution in [0.1, 0.15) is 16.7 Å². The second-order valence-electron chi connectivity index (χ2n) is 3.91. The molecule has 0 aliphatic heterocycles. The summed E-state index contributed by atoms with van der Waals surface area (Å²) in [5.41, 5.74) is 0. The highest BCUT2D eigenvalue weighted by atomic mass is 32.1. The van der Waals surface area contributed by atoms with Gasteiger partial charge in [-0.1, -0.05) is 0 Å². The highest BCUT2D eigenvalue weighted by Crippen LogP contribution is 2.19. The first-order valence-electron chi connectivity index (χ1n) is 5.88. The van der Waals surface area contributed by atoms with Crippen LogP contribution in [0.15, 0.2) is 18.2 Å².